The van der Waals surface area contributed by atoms with Crippen LogP contribution in [0.3, 0.4) is 0 Å². The number of hydrogen-bond donors (Lipinski definition) is 2. The lowest BCUT2D eigenvalue weighted by Gasteiger charge is -2.21. The zero-order valence-corrected chi connectivity index (χ0v) is 11.1. The molecule has 0 heterocycles. The fourth-order valence-electron chi connectivity index (χ4n) is 1.83. The maximum Gasteiger partial charge on any atom is 0.315 e. The van der Waals surface area contributed by atoms with Crippen molar-refractivity contribution in [3.8, 4) is 0 Å². The smallest absolute Gasteiger partial charge is 0.315 e. The molecular formula is C14H19N3O2. The van der Waals surface area contributed by atoms with Gasteiger partial charge in [0, 0.05) is 18.3 Å². The number of nitrogens with one attached hydrogen (secondary N) is 2. The molecule has 0 spiro atoms. The van der Waals surface area contributed by atoms with E-state index >= 15 is 0 Å². The highest BCUT2D eigenvalue weighted by molar-refractivity contribution is 5.96. The molecule has 0 aliphatic heterocycles. The highest BCUT2D eigenvalue weighted by atomic mass is 16.2. The van der Waals surface area contributed by atoms with Gasteiger partial charge in [0.1, 0.15) is 0 Å². The van der Waals surface area contributed by atoms with Gasteiger partial charge in [-0.25, -0.2) is 4.79 Å². The molecule has 0 atom stereocenters. The number of benzene rings is 1. The number of para-hydroxylation sites is 1. The van der Waals surface area contributed by atoms with Gasteiger partial charge in [-0.3, -0.25) is 4.79 Å². The lowest BCUT2D eigenvalue weighted by molar-refractivity contribution is -0.117. The third-order valence-corrected chi connectivity index (χ3v) is 3.00. The second-order valence-corrected chi connectivity index (χ2v) is 4.57. The standard InChI is InChI=1S/C14H19N3O2/c1-2-17(12-6-4-3-5-7-12)13(18)10-15-14(19)16-11-8-9-11/h3-7,11H,2,8-10H2,1H3,(H2,15,16,19). The van der Waals surface area contributed by atoms with Gasteiger partial charge in [-0.05, 0) is 31.9 Å². The Morgan fingerprint density at radius 2 is 1.95 bits per heavy atom. The quantitative estimate of drug-likeness (QED) is 0.843. The van der Waals surface area contributed by atoms with Gasteiger partial charge in [-0.1, -0.05) is 18.2 Å². The van der Waals surface area contributed by atoms with E-state index in [0.717, 1.165) is 18.5 Å². The van der Waals surface area contributed by atoms with Crippen LogP contribution in [0.2, 0.25) is 0 Å². The number of amides is 3. The van der Waals surface area contributed by atoms with Crippen LogP contribution in [0.25, 0.3) is 0 Å². The van der Waals surface area contributed by atoms with Crippen molar-refractivity contribution in [2.75, 3.05) is 18.0 Å². The van der Waals surface area contributed by atoms with Gasteiger partial charge >= 0.3 is 6.03 Å². The zero-order chi connectivity index (χ0) is 13.7. The molecule has 1 aliphatic carbocycles. The van der Waals surface area contributed by atoms with Crippen molar-refractivity contribution in [3.63, 3.8) is 0 Å². The largest absolute Gasteiger partial charge is 0.335 e. The summed E-state index contributed by atoms with van der Waals surface area (Å²) in [4.78, 5) is 25.2. The number of anilines is 1. The summed E-state index contributed by atoms with van der Waals surface area (Å²) < 4.78 is 0. The monoisotopic (exact) mass is 261 g/mol. The number of urea groups is 1. The molecule has 1 fully saturated rings. The summed E-state index contributed by atoms with van der Waals surface area (Å²) in [5, 5.41) is 5.38. The van der Waals surface area contributed by atoms with Crippen LogP contribution in [-0.2, 0) is 4.79 Å². The maximum absolute atomic E-state index is 12.1. The highest BCUT2D eigenvalue weighted by Gasteiger charge is 2.23. The van der Waals surface area contributed by atoms with Gasteiger partial charge in [0.05, 0.1) is 6.54 Å². The summed E-state index contributed by atoms with van der Waals surface area (Å²) in [6.45, 7) is 2.51. The van der Waals surface area contributed by atoms with Gasteiger partial charge in [0.2, 0.25) is 5.91 Å². The molecular weight excluding hydrogens is 242 g/mol. The summed E-state index contributed by atoms with van der Waals surface area (Å²) in [5.74, 6) is -0.111. The molecule has 0 unspecified atom stereocenters. The van der Waals surface area contributed by atoms with Gasteiger partial charge < -0.3 is 15.5 Å². The molecule has 1 aromatic carbocycles. The Bertz CT molecular complexity index is 443. The number of carbonyl (C=O) groups excluding carboxylic acids is 2. The van der Waals surface area contributed by atoms with E-state index in [1.807, 2.05) is 37.3 Å². The SMILES string of the molecule is CCN(C(=O)CNC(=O)NC1CC1)c1ccccc1. The Hall–Kier alpha value is -2.04. The third-order valence-electron chi connectivity index (χ3n) is 3.00. The predicted octanol–water partition coefficient (Wildman–Crippen LogP) is 1.50. The van der Waals surface area contributed by atoms with Crippen LogP contribution in [-0.4, -0.2) is 31.1 Å². The minimum absolute atomic E-state index is 0.0152. The maximum atomic E-state index is 12.1. The van der Waals surface area contributed by atoms with E-state index in [2.05, 4.69) is 10.6 Å². The molecule has 2 rings (SSSR count). The molecule has 19 heavy (non-hydrogen) atoms. The van der Waals surface area contributed by atoms with Crippen LogP contribution >= 0.6 is 0 Å². The molecule has 1 aromatic rings. The van der Waals surface area contributed by atoms with Crippen LogP contribution in [0, 0.1) is 0 Å². The summed E-state index contributed by atoms with van der Waals surface area (Å²) >= 11 is 0. The van der Waals surface area contributed by atoms with Crippen molar-refractivity contribution >= 4 is 17.6 Å². The molecule has 3 amide bonds. The van der Waals surface area contributed by atoms with Gasteiger partial charge in [-0.15, -0.1) is 0 Å². The van der Waals surface area contributed by atoms with Crippen LogP contribution in [0.15, 0.2) is 30.3 Å². The zero-order valence-electron chi connectivity index (χ0n) is 11.1. The van der Waals surface area contributed by atoms with Crippen LogP contribution in [0.1, 0.15) is 19.8 Å². The number of rotatable bonds is 5. The molecule has 5 nitrogen and oxygen atoms in total. The number of nitrogens with zero attached hydrogens (tertiary/aromatic N) is 1. The molecule has 1 saturated carbocycles. The minimum Gasteiger partial charge on any atom is -0.335 e. The Morgan fingerprint density at radius 3 is 2.53 bits per heavy atom. The average Bonchev–Trinajstić information content (AvgIpc) is 3.22. The molecule has 2 N–H and O–H groups in total. The van der Waals surface area contributed by atoms with Crippen molar-refractivity contribution in [1.29, 1.82) is 0 Å². The Labute approximate surface area is 113 Å². The highest BCUT2D eigenvalue weighted by Crippen LogP contribution is 2.18. The van der Waals surface area contributed by atoms with Crippen LogP contribution < -0.4 is 15.5 Å². The van der Waals surface area contributed by atoms with Crippen LogP contribution in [0.5, 0.6) is 0 Å². The number of carbonyl (C=O) groups is 2. The topological polar surface area (TPSA) is 61.4 Å². The molecule has 102 valence electrons. The Morgan fingerprint density at radius 1 is 1.26 bits per heavy atom. The molecule has 0 aromatic heterocycles. The molecule has 1 aliphatic rings. The van der Waals surface area contributed by atoms with Crippen molar-refractivity contribution in [3.05, 3.63) is 30.3 Å². The first-order chi connectivity index (χ1) is 9.20. The molecule has 0 saturated heterocycles. The summed E-state index contributed by atoms with van der Waals surface area (Å²) in [6, 6.07) is 9.48. The molecule has 0 bridgehead atoms. The second kappa shape index (κ2) is 6.22. The van der Waals surface area contributed by atoms with E-state index in [-0.39, 0.29) is 18.5 Å². The first-order valence-corrected chi connectivity index (χ1v) is 6.60. The lowest BCUT2D eigenvalue weighted by atomic mass is 10.3. The third kappa shape index (κ3) is 3.98. The fourth-order valence-corrected chi connectivity index (χ4v) is 1.83. The van der Waals surface area contributed by atoms with E-state index in [9.17, 15) is 9.59 Å². The van der Waals surface area contributed by atoms with E-state index in [0.29, 0.717) is 12.6 Å². The van der Waals surface area contributed by atoms with E-state index in [1.165, 1.54) is 0 Å². The van der Waals surface area contributed by atoms with Gasteiger partial charge in [-0.2, -0.15) is 0 Å². The first kappa shape index (κ1) is 13.4. The fraction of sp³-hybridized carbons (Fsp3) is 0.429. The molecule has 0 radical (unpaired) electrons. The summed E-state index contributed by atoms with van der Waals surface area (Å²) in [7, 11) is 0. The van der Waals surface area contributed by atoms with Crippen molar-refractivity contribution < 1.29 is 9.59 Å². The van der Waals surface area contributed by atoms with Crippen molar-refractivity contribution in [2.45, 2.75) is 25.8 Å². The summed E-state index contributed by atoms with van der Waals surface area (Å²) in [5.41, 5.74) is 0.847. The Kier molecular flexibility index (Phi) is 4.39. The number of likely N-dealkylation sites (N-methyl/N-ethyl adjacent to an activating group) is 1. The predicted molar refractivity (Wildman–Crippen MR) is 74.0 cm³/mol. The molecule has 5 heteroatoms. The van der Waals surface area contributed by atoms with Crippen molar-refractivity contribution in [2.24, 2.45) is 0 Å². The first-order valence-electron chi connectivity index (χ1n) is 6.60. The van der Waals surface area contributed by atoms with E-state index < -0.39 is 0 Å². The van der Waals surface area contributed by atoms with Gasteiger partial charge in [0.15, 0.2) is 0 Å². The second-order valence-electron chi connectivity index (χ2n) is 4.57. The minimum atomic E-state index is -0.264. The van der Waals surface area contributed by atoms with E-state index in [4.69, 9.17) is 0 Å². The normalized spacial score (nSPS) is 13.7. The van der Waals surface area contributed by atoms with Gasteiger partial charge in [0.25, 0.3) is 0 Å². The number of hydrogen-bond acceptors (Lipinski definition) is 2. The summed E-state index contributed by atoms with van der Waals surface area (Å²) in [6.07, 6.45) is 2.07. The average molecular weight is 261 g/mol. The lowest BCUT2D eigenvalue weighted by Crippen LogP contribution is -2.44. The van der Waals surface area contributed by atoms with Crippen molar-refractivity contribution in [1.82, 2.24) is 10.6 Å². The Balaban J connectivity index is 1.84. The van der Waals surface area contributed by atoms with Crippen LogP contribution in [0.4, 0.5) is 10.5 Å². The van der Waals surface area contributed by atoms with E-state index in [1.54, 1.807) is 4.90 Å².